The van der Waals surface area contributed by atoms with Crippen molar-refractivity contribution in [1.82, 2.24) is 0 Å². The smallest absolute Gasteiger partial charge is 0.337 e. The van der Waals surface area contributed by atoms with E-state index in [2.05, 4.69) is 10.5 Å². The number of para-hydroxylation sites is 2. The zero-order valence-corrected chi connectivity index (χ0v) is 16.0. The molecule has 0 atom stereocenters. The maximum Gasteiger partial charge on any atom is 0.337 e. The van der Waals surface area contributed by atoms with Gasteiger partial charge in [-0.3, -0.25) is 5.43 Å². The van der Waals surface area contributed by atoms with Gasteiger partial charge in [-0.2, -0.15) is 5.10 Å². The van der Waals surface area contributed by atoms with Crippen LogP contribution >= 0.6 is 11.6 Å². The molecule has 0 heterocycles. The second-order valence-electron chi connectivity index (χ2n) is 5.86. The number of hydrazone groups is 1. The lowest BCUT2D eigenvalue weighted by molar-refractivity contribution is 0.0600. The van der Waals surface area contributed by atoms with Gasteiger partial charge < -0.3 is 9.47 Å². The summed E-state index contributed by atoms with van der Waals surface area (Å²) in [7, 11) is 1.36. The minimum atomic E-state index is -0.361. The molecule has 0 aliphatic heterocycles. The van der Waals surface area contributed by atoms with E-state index in [-0.39, 0.29) is 5.97 Å². The molecule has 0 saturated heterocycles. The van der Waals surface area contributed by atoms with Crippen molar-refractivity contribution in [3.8, 4) is 5.75 Å². The Balaban J connectivity index is 1.64. The van der Waals surface area contributed by atoms with Crippen LogP contribution in [0.4, 0.5) is 5.69 Å². The third-order valence-corrected chi connectivity index (χ3v) is 4.28. The van der Waals surface area contributed by atoms with Gasteiger partial charge in [0, 0.05) is 5.56 Å². The molecule has 0 aliphatic carbocycles. The van der Waals surface area contributed by atoms with Crippen LogP contribution in [0, 0.1) is 0 Å². The molecule has 0 amide bonds. The number of hydrogen-bond donors (Lipinski definition) is 1. The summed E-state index contributed by atoms with van der Waals surface area (Å²) in [5, 5.41) is 4.83. The van der Waals surface area contributed by atoms with Crippen LogP contribution in [0.2, 0.25) is 5.02 Å². The SMILES string of the molecule is COC(=O)c1ccc(COc2ccccc2/C=N/Nc2ccccc2Cl)cc1. The van der Waals surface area contributed by atoms with Crippen LogP contribution in [0.15, 0.2) is 77.9 Å². The maximum absolute atomic E-state index is 11.5. The fourth-order valence-corrected chi connectivity index (χ4v) is 2.64. The van der Waals surface area contributed by atoms with Crippen molar-refractivity contribution in [2.75, 3.05) is 12.5 Å². The molecule has 5 nitrogen and oxygen atoms in total. The van der Waals surface area contributed by atoms with Crippen LogP contribution in [0.3, 0.4) is 0 Å². The Morgan fingerprint density at radius 2 is 1.75 bits per heavy atom. The standard InChI is InChI=1S/C22H19ClN2O3/c1-27-22(26)17-12-10-16(11-13-17)15-28-21-9-5-2-6-18(21)14-24-25-20-8-4-3-7-19(20)23/h2-14,25H,15H2,1H3/b24-14+. The molecule has 3 rings (SSSR count). The highest BCUT2D eigenvalue weighted by Gasteiger charge is 2.06. The van der Waals surface area contributed by atoms with Gasteiger partial charge in [0.15, 0.2) is 0 Å². The second kappa shape index (κ2) is 9.58. The summed E-state index contributed by atoms with van der Waals surface area (Å²) in [6.45, 7) is 0.365. The Hall–Kier alpha value is -3.31. The Bertz CT molecular complexity index is 972. The van der Waals surface area contributed by atoms with Crippen LogP contribution in [0.1, 0.15) is 21.5 Å². The monoisotopic (exact) mass is 394 g/mol. The molecular formula is C22H19ClN2O3. The summed E-state index contributed by atoms with van der Waals surface area (Å²) >= 11 is 6.10. The third-order valence-electron chi connectivity index (χ3n) is 3.95. The van der Waals surface area contributed by atoms with E-state index >= 15 is 0 Å². The van der Waals surface area contributed by atoms with Crippen molar-refractivity contribution < 1.29 is 14.3 Å². The fraction of sp³-hybridized carbons (Fsp3) is 0.0909. The molecule has 0 aromatic heterocycles. The molecule has 6 heteroatoms. The van der Waals surface area contributed by atoms with Crippen LogP contribution < -0.4 is 10.2 Å². The van der Waals surface area contributed by atoms with E-state index in [1.165, 1.54) is 7.11 Å². The van der Waals surface area contributed by atoms with Gasteiger partial charge >= 0.3 is 5.97 Å². The molecule has 0 spiro atoms. The summed E-state index contributed by atoms with van der Waals surface area (Å²) in [6.07, 6.45) is 1.68. The normalized spacial score (nSPS) is 10.6. The van der Waals surface area contributed by atoms with Crippen molar-refractivity contribution >= 4 is 29.5 Å². The predicted molar refractivity (Wildman–Crippen MR) is 111 cm³/mol. The number of hydrogen-bond acceptors (Lipinski definition) is 5. The lowest BCUT2D eigenvalue weighted by Crippen LogP contribution is -2.02. The number of benzene rings is 3. The molecule has 1 N–H and O–H groups in total. The number of esters is 1. The van der Waals surface area contributed by atoms with Gasteiger partial charge in [-0.1, -0.05) is 48.0 Å². The van der Waals surface area contributed by atoms with Gasteiger partial charge in [-0.25, -0.2) is 4.79 Å². The van der Waals surface area contributed by atoms with Gasteiger partial charge in [-0.15, -0.1) is 0 Å². The van der Waals surface area contributed by atoms with Gasteiger partial charge in [-0.05, 0) is 42.0 Å². The number of carbonyl (C=O) groups excluding carboxylic acids is 1. The molecule has 142 valence electrons. The topological polar surface area (TPSA) is 59.9 Å². The van der Waals surface area contributed by atoms with E-state index in [1.807, 2.05) is 54.6 Å². The first kappa shape index (κ1) is 19.5. The van der Waals surface area contributed by atoms with Gasteiger partial charge in [0.25, 0.3) is 0 Å². The highest BCUT2D eigenvalue weighted by molar-refractivity contribution is 6.33. The molecule has 0 fully saturated rings. The molecule has 3 aromatic carbocycles. The quantitative estimate of drug-likeness (QED) is 0.342. The maximum atomic E-state index is 11.5. The number of halogens is 1. The number of nitrogens with one attached hydrogen (secondary N) is 1. The Morgan fingerprint density at radius 1 is 1.04 bits per heavy atom. The van der Waals surface area contributed by atoms with E-state index in [4.69, 9.17) is 21.1 Å². The van der Waals surface area contributed by atoms with Gasteiger partial charge in [0.1, 0.15) is 12.4 Å². The number of nitrogens with zero attached hydrogens (tertiary/aromatic N) is 1. The van der Waals surface area contributed by atoms with Crippen molar-refractivity contribution in [2.24, 2.45) is 5.10 Å². The minimum Gasteiger partial charge on any atom is -0.488 e. The van der Waals surface area contributed by atoms with E-state index < -0.39 is 0 Å². The number of carbonyl (C=O) groups is 1. The van der Waals surface area contributed by atoms with Crippen molar-refractivity contribution in [3.63, 3.8) is 0 Å². The Kier molecular flexibility index (Phi) is 6.65. The first-order chi connectivity index (χ1) is 13.7. The van der Waals surface area contributed by atoms with Crippen LogP contribution in [0.25, 0.3) is 0 Å². The number of rotatable bonds is 7. The minimum absolute atomic E-state index is 0.361. The summed E-state index contributed by atoms with van der Waals surface area (Å²) in [5.41, 5.74) is 5.92. The van der Waals surface area contributed by atoms with Crippen molar-refractivity contribution in [3.05, 3.63) is 94.5 Å². The molecule has 0 aliphatic rings. The van der Waals surface area contributed by atoms with Crippen LogP contribution in [-0.4, -0.2) is 19.3 Å². The van der Waals surface area contributed by atoms with Crippen molar-refractivity contribution in [1.29, 1.82) is 0 Å². The lowest BCUT2D eigenvalue weighted by atomic mass is 10.1. The number of ether oxygens (including phenoxy) is 2. The largest absolute Gasteiger partial charge is 0.488 e. The van der Waals surface area contributed by atoms with E-state index in [0.717, 1.165) is 16.8 Å². The summed E-state index contributed by atoms with van der Waals surface area (Å²) in [6, 6.07) is 22.1. The molecule has 0 radical (unpaired) electrons. The van der Waals surface area contributed by atoms with Gasteiger partial charge in [0.05, 0.1) is 29.6 Å². The Labute approximate surface area is 168 Å². The zero-order valence-electron chi connectivity index (χ0n) is 15.3. The van der Waals surface area contributed by atoms with E-state index in [9.17, 15) is 4.79 Å². The van der Waals surface area contributed by atoms with Crippen molar-refractivity contribution in [2.45, 2.75) is 6.61 Å². The summed E-state index contributed by atoms with van der Waals surface area (Å²) < 4.78 is 10.6. The number of anilines is 1. The summed E-state index contributed by atoms with van der Waals surface area (Å²) in [5.74, 6) is 0.337. The predicted octanol–water partition coefficient (Wildman–Crippen LogP) is 5.15. The molecule has 3 aromatic rings. The highest BCUT2D eigenvalue weighted by atomic mass is 35.5. The van der Waals surface area contributed by atoms with Crippen LogP contribution in [-0.2, 0) is 11.3 Å². The van der Waals surface area contributed by atoms with Gasteiger partial charge in [0.2, 0.25) is 0 Å². The van der Waals surface area contributed by atoms with E-state index in [0.29, 0.717) is 22.9 Å². The third kappa shape index (κ3) is 5.11. The second-order valence-corrected chi connectivity index (χ2v) is 6.27. The Morgan fingerprint density at radius 3 is 2.50 bits per heavy atom. The first-order valence-electron chi connectivity index (χ1n) is 8.60. The molecular weight excluding hydrogens is 376 g/mol. The fourth-order valence-electron chi connectivity index (χ4n) is 2.46. The molecule has 0 bridgehead atoms. The average molecular weight is 395 g/mol. The molecule has 0 saturated carbocycles. The molecule has 0 unspecified atom stereocenters. The summed E-state index contributed by atoms with van der Waals surface area (Å²) in [4.78, 5) is 11.5. The number of methoxy groups -OCH3 is 1. The molecule has 28 heavy (non-hydrogen) atoms. The van der Waals surface area contributed by atoms with E-state index in [1.54, 1.807) is 24.4 Å². The van der Waals surface area contributed by atoms with Crippen LogP contribution in [0.5, 0.6) is 5.75 Å². The first-order valence-corrected chi connectivity index (χ1v) is 8.98. The highest BCUT2D eigenvalue weighted by Crippen LogP contribution is 2.21. The average Bonchev–Trinajstić information content (AvgIpc) is 2.74. The lowest BCUT2D eigenvalue weighted by Gasteiger charge is -2.09. The zero-order chi connectivity index (χ0) is 19.8.